The van der Waals surface area contributed by atoms with Crippen LogP contribution >= 0.6 is 0 Å². The summed E-state index contributed by atoms with van der Waals surface area (Å²) >= 11 is 0. The molecule has 3 aliphatic heterocycles. The van der Waals surface area contributed by atoms with Gasteiger partial charge in [0.25, 0.3) is 0 Å². The number of hydrogen-bond donors (Lipinski definition) is 0. The van der Waals surface area contributed by atoms with Gasteiger partial charge < -0.3 is 14.5 Å². The zero-order valence-corrected chi connectivity index (χ0v) is 12.1. The van der Waals surface area contributed by atoms with Crippen LogP contribution in [0.15, 0.2) is 0 Å². The van der Waals surface area contributed by atoms with Crippen LogP contribution in [0.25, 0.3) is 0 Å². The van der Waals surface area contributed by atoms with E-state index >= 15 is 0 Å². The van der Waals surface area contributed by atoms with Gasteiger partial charge in [0.1, 0.15) is 0 Å². The minimum Gasteiger partial charge on any atom is -0.381 e. The Labute approximate surface area is 116 Å². The SMILES string of the molecule is CC(=O)N1CCC[C@]2(CCN(C[C@@H]3CCOC3)C2)C1. The molecule has 3 fully saturated rings. The second-order valence-corrected chi connectivity index (χ2v) is 6.76. The van der Waals surface area contributed by atoms with Crippen molar-refractivity contribution in [1.82, 2.24) is 9.80 Å². The second kappa shape index (κ2) is 5.41. The number of carbonyl (C=O) groups is 1. The predicted octanol–water partition coefficient (Wildman–Crippen LogP) is 1.36. The van der Waals surface area contributed by atoms with E-state index in [4.69, 9.17) is 4.74 Å². The first-order chi connectivity index (χ1) is 9.17. The maximum absolute atomic E-state index is 11.6. The van der Waals surface area contributed by atoms with E-state index in [-0.39, 0.29) is 5.91 Å². The van der Waals surface area contributed by atoms with Gasteiger partial charge in [0, 0.05) is 45.1 Å². The third kappa shape index (κ3) is 2.95. The zero-order valence-electron chi connectivity index (χ0n) is 12.1. The highest BCUT2D eigenvalue weighted by molar-refractivity contribution is 5.73. The quantitative estimate of drug-likeness (QED) is 0.756. The largest absolute Gasteiger partial charge is 0.381 e. The van der Waals surface area contributed by atoms with Gasteiger partial charge in [0.15, 0.2) is 0 Å². The summed E-state index contributed by atoms with van der Waals surface area (Å²) in [5.41, 5.74) is 0.392. The lowest BCUT2D eigenvalue weighted by Crippen LogP contribution is -2.46. The average Bonchev–Trinajstić information content (AvgIpc) is 3.01. The lowest BCUT2D eigenvalue weighted by atomic mass is 9.79. The number of amides is 1. The van der Waals surface area contributed by atoms with Crippen molar-refractivity contribution in [3.8, 4) is 0 Å². The van der Waals surface area contributed by atoms with Crippen LogP contribution in [-0.4, -0.2) is 61.6 Å². The molecule has 4 nitrogen and oxygen atoms in total. The van der Waals surface area contributed by atoms with Crippen LogP contribution in [0.5, 0.6) is 0 Å². The van der Waals surface area contributed by atoms with E-state index in [9.17, 15) is 4.79 Å². The Balaban J connectivity index is 1.55. The van der Waals surface area contributed by atoms with Gasteiger partial charge in [-0.1, -0.05) is 0 Å². The molecule has 0 N–H and O–H groups in total. The molecule has 0 aromatic heterocycles. The van der Waals surface area contributed by atoms with Crippen LogP contribution in [0.1, 0.15) is 32.6 Å². The summed E-state index contributed by atoms with van der Waals surface area (Å²) in [6.07, 6.45) is 4.97. The highest BCUT2D eigenvalue weighted by atomic mass is 16.5. The fourth-order valence-corrected chi connectivity index (χ4v) is 4.09. The molecular weight excluding hydrogens is 240 g/mol. The molecule has 0 aromatic carbocycles. The van der Waals surface area contributed by atoms with Crippen LogP contribution in [0.3, 0.4) is 0 Å². The minimum absolute atomic E-state index is 0.252. The standard InChI is InChI=1S/C15H26N2O2/c1-13(18)17-6-2-4-15(12-17)5-7-16(11-15)9-14-3-8-19-10-14/h14H,2-12H2,1H3/t14-,15+/m0/s1. The molecule has 2 atom stereocenters. The van der Waals surface area contributed by atoms with E-state index in [1.54, 1.807) is 6.92 Å². The number of likely N-dealkylation sites (tertiary alicyclic amines) is 2. The second-order valence-electron chi connectivity index (χ2n) is 6.76. The molecule has 0 saturated carbocycles. The van der Waals surface area contributed by atoms with Crippen LogP contribution in [0, 0.1) is 11.3 Å². The van der Waals surface area contributed by atoms with Crippen molar-refractivity contribution in [2.24, 2.45) is 11.3 Å². The van der Waals surface area contributed by atoms with Crippen molar-refractivity contribution in [2.45, 2.75) is 32.6 Å². The lowest BCUT2D eigenvalue weighted by Gasteiger charge is -2.40. The first-order valence-corrected chi connectivity index (χ1v) is 7.73. The molecule has 3 saturated heterocycles. The normalized spacial score (nSPS) is 36.3. The molecule has 3 heterocycles. The van der Waals surface area contributed by atoms with Crippen LogP contribution in [0.4, 0.5) is 0 Å². The van der Waals surface area contributed by atoms with Gasteiger partial charge in [-0.05, 0) is 38.1 Å². The Kier molecular flexibility index (Phi) is 3.81. The summed E-state index contributed by atoms with van der Waals surface area (Å²) in [5.74, 6) is 0.990. The molecule has 1 spiro atoms. The molecule has 3 aliphatic rings. The van der Waals surface area contributed by atoms with Gasteiger partial charge in [0.2, 0.25) is 5.91 Å². The van der Waals surface area contributed by atoms with Gasteiger partial charge in [0.05, 0.1) is 6.61 Å². The number of nitrogens with zero attached hydrogens (tertiary/aromatic N) is 2. The third-order valence-electron chi connectivity index (χ3n) is 5.16. The fraction of sp³-hybridized carbons (Fsp3) is 0.933. The highest BCUT2D eigenvalue weighted by Crippen LogP contribution is 2.39. The summed E-state index contributed by atoms with van der Waals surface area (Å²) in [6, 6.07) is 0. The molecule has 0 bridgehead atoms. The highest BCUT2D eigenvalue weighted by Gasteiger charge is 2.42. The predicted molar refractivity (Wildman–Crippen MR) is 73.9 cm³/mol. The van der Waals surface area contributed by atoms with Crippen molar-refractivity contribution in [3.05, 3.63) is 0 Å². The number of piperidine rings is 1. The third-order valence-corrected chi connectivity index (χ3v) is 5.16. The van der Waals surface area contributed by atoms with Crippen molar-refractivity contribution in [3.63, 3.8) is 0 Å². The monoisotopic (exact) mass is 266 g/mol. The maximum atomic E-state index is 11.6. The first-order valence-electron chi connectivity index (χ1n) is 7.73. The van der Waals surface area contributed by atoms with E-state index in [0.717, 1.165) is 32.2 Å². The number of ether oxygens (including phenoxy) is 1. The van der Waals surface area contributed by atoms with Gasteiger partial charge in [-0.2, -0.15) is 0 Å². The Hall–Kier alpha value is -0.610. The van der Waals surface area contributed by atoms with Crippen molar-refractivity contribution >= 4 is 5.91 Å². The van der Waals surface area contributed by atoms with Crippen molar-refractivity contribution < 1.29 is 9.53 Å². The maximum Gasteiger partial charge on any atom is 0.219 e. The van der Waals surface area contributed by atoms with Gasteiger partial charge in [-0.3, -0.25) is 4.79 Å². The molecule has 4 heteroatoms. The summed E-state index contributed by atoms with van der Waals surface area (Å²) in [4.78, 5) is 16.3. The molecule has 0 aromatic rings. The fourth-order valence-electron chi connectivity index (χ4n) is 4.09. The van der Waals surface area contributed by atoms with E-state index in [0.29, 0.717) is 5.41 Å². The Morgan fingerprint density at radius 3 is 2.95 bits per heavy atom. The van der Waals surface area contributed by atoms with Crippen molar-refractivity contribution in [1.29, 1.82) is 0 Å². The summed E-state index contributed by atoms with van der Waals surface area (Å²) in [6.45, 7) is 9.15. The van der Waals surface area contributed by atoms with Crippen LogP contribution < -0.4 is 0 Å². The zero-order chi connectivity index (χ0) is 13.3. The van der Waals surface area contributed by atoms with E-state index < -0.39 is 0 Å². The summed E-state index contributed by atoms with van der Waals surface area (Å²) < 4.78 is 5.47. The topological polar surface area (TPSA) is 32.8 Å². The molecule has 19 heavy (non-hydrogen) atoms. The average molecular weight is 266 g/mol. The Morgan fingerprint density at radius 1 is 1.32 bits per heavy atom. The van der Waals surface area contributed by atoms with Crippen LogP contribution in [0.2, 0.25) is 0 Å². The molecule has 108 valence electrons. The van der Waals surface area contributed by atoms with Crippen LogP contribution in [-0.2, 0) is 9.53 Å². The summed E-state index contributed by atoms with van der Waals surface area (Å²) in [5, 5.41) is 0. The number of hydrogen-bond acceptors (Lipinski definition) is 3. The van der Waals surface area contributed by atoms with Crippen molar-refractivity contribution in [2.75, 3.05) is 45.9 Å². The Bertz CT molecular complexity index is 341. The van der Waals surface area contributed by atoms with Gasteiger partial charge in [-0.25, -0.2) is 0 Å². The molecule has 1 amide bonds. The van der Waals surface area contributed by atoms with Gasteiger partial charge >= 0.3 is 0 Å². The molecule has 3 rings (SSSR count). The Morgan fingerprint density at radius 2 is 2.21 bits per heavy atom. The summed E-state index contributed by atoms with van der Waals surface area (Å²) in [7, 11) is 0. The van der Waals surface area contributed by atoms with E-state index in [2.05, 4.69) is 9.80 Å². The first kappa shape index (κ1) is 13.4. The van der Waals surface area contributed by atoms with E-state index in [1.807, 2.05) is 0 Å². The number of carbonyl (C=O) groups excluding carboxylic acids is 1. The molecule has 0 unspecified atom stereocenters. The smallest absolute Gasteiger partial charge is 0.219 e. The molecular formula is C15H26N2O2. The van der Waals surface area contributed by atoms with Gasteiger partial charge in [-0.15, -0.1) is 0 Å². The molecule has 0 aliphatic carbocycles. The van der Waals surface area contributed by atoms with E-state index in [1.165, 1.54) is 45.3 Å². The minimum atomic E-state index is 0.252. The molecule has 0 radical (unpaired) electrons. The lowest BCUT2D eigenvalue weighted by molar-refractivity contribution is -0.132. The number of rotatable bonds is 2.